The first-order valence-corrected chi connectivity index (χ1v) is 7.86. The average Bonchev–Trinajstić information content (AvgIpc) is 3.17. The van der Waals surface area contributed by atoms with E-state index in [0.717, 1.165) is 0 Å². The first kappa shape index (κ1) is 15.3. The van der Waals surface area contributed by atoms with Crippen LogP contribution in [-0.2, 0) is 10.3 Å². The first-order chi connectivity index (χ1) is 10.8. The Labute approximate surface area is 131 Å². The summed E-state index contributed by atoms with van der Waals surface area (Å²) in [4.78, 5) is 4.18. The maximum Gasteiger partial charge on any atom is 0.437 e. The Morgan fingerprint density at radius 1 is 1.09 bits per heavy atom. The third kappa shape index (κ3) is 2.74. The lowest BCUT2D eigenvalue weighted by molar-refractivity contribution is 0.385. The fraction of sp³-hybridized carbons (Fsp3) is 0.154. The summed E-state index contributed by atoms with van der Waals surface area (Å²) in [6.45, 7) is 0. The van der Waals surface area contributed by atoms with E-state index in [9.17, 15) is 13.0 Å². The Balaban J connectivity index is 1.92. The predicted molar refractivity (Wildman–Crippen MR) is 80.4 cm³/mol. The van der Waals surface area contributed by atoms with Gasteiger partial charge in [0.05, 0.1) is 20.3 Å². The Kier molecular flexibility index (Phi) is 3.51. The molecule has 0 saturated carbocycles. The van der Waals surface area contributed by atoms with E-state index in [4.69, 9.17) is 9.05 Å². The highest BCUT2D eigenvalue weighted by atomic mass is 32.2. The molecule has 23 heavy (non-hydrogen) atoms. The molecule has 3 aromatic rings. The normalized spacial score (nSPS) is 12.5. The molecular weight excluding hydrogens is 324 g/mol. The zero-order valence-corrected chi connectivity index (χ0v) is 13.1. The van der Waals surface area contributed by atoms with Crippen molar-refractivity contribution < 1.29 is 22.0 Å². The topological polar surface area (TPSA) is 119 Å². The van der Waals surface area contributed by atoms with E-state index < -0.39 is 14.2 Å². The average molecular weight is 337 g/mol. The molecule has 2 aromatic heterocycles. The van der Waals surface area contributed by atoms with E-state index in [-0.39, 0.29) is 5.89 Å². The third-order valence-corrected chi connectivity index (χ3v) is 4.76. The standard InChI is InChI=1S/C13H12N4O5S/c1-17(2,23(18,19)20)10-5-3-9(4-6-10)12-15-13(22-16-12)11-7-8-14-21-11/h3-8H,1-2H3/p+1. The minimum absolute atomic E-state index is 0.190. The molecule has 0 aliphatic rings. The fourth-order valence-electron chi connectivity index (χ4n) is 1.87. The quantitative estimate of drug-likeness (QED) is 0.565. The van der Waals surface area contributed by atoms with Gasteiger partial charge in [-0.1, -0.05) is 10.3 Å². The van der Waals surface area contributed by atoms with Crippen molar-refractivity contribution in [3.8, 4) is 23.0 Å². The summed E-state index contributed by atoms with van der Waals surface area (Å²) in [5.41, 5.74) is 1.01. The number of benzene rings is 1. The van der Waals surface area contributed by atoms with Gasteiger partial charge >= 0.3 is 10.3 Å². The van der Waals surface area contributed by atoms with E-state index in [1.165, 1.54) is 20.3 Å². The lowest BCUT2D eigenvalue weighted by Gasteiger charge is -2.23. The molecule has 0 spiro atoms. The van der Waals surface area contributed by atoms with Gasteiger partial charge in [-0.15, -0.1) is 8.42 Å². The van der Waals surface area contributed by atoms with Gasteiger partial charge in [-0.05, 0) is 12.1 Å². The number of aromatic nitrogens is 3. The summed E-state index contributed by atoms with van der Waals surface area (Å²) in [5, 5.41) is 7.39. The van der Waals surface area contributed by atoms with Gasteiger partial charge in [0.1, 0.15) is 5.69 Å². The number of quaternary nitrogens is 1. The van der Waals surface area contributed by atoms with E-state index in [1.807, 2.05) is 0 Å². The fourth-order valence-corrected chi connectivity index (χ4v) is 2.26. The van der Waals surface area contributed by atoms with Crippen LogP contribution in [0.5, 0.6) is 0 Å². The molecule has 1 N–H and O–H groups in total. The summed E-state index contributed by atoms with van der Waals surface area (Å²) < 4.78 is 41.4. The van der Waals surface area contributed by atoms with Gasteiger partial charge in [0.25, 0.3) is 5.89 Å². The summed E-state index contributed by atoms with van der Waals surface area (Å²) in [6.07, 6.45) is 1.46. The van der Waals surface area contributed by atoms with Gasteiger partial charge in [0.2, 0.25) is 11.6 Å². The van der Waals surface area contributed by atoms with E-state index in [1.54, 1.807) is 30.3 Å². The Hall–Kier alpha value is -2.56. The van der Waals surface area contributed by atoms with E-state index in [2.05, 4.69) is 15.3 Å². The molecule has 9 nitrogen and oxygen atoms in total. The van der Waals surface area contributed by atoms with E-state index in [0.29, 0.717) is 22.8 Å². The SMILES string of the molecule is C[N+](C)(c1ccc(-c2noc(-c3ccno3)n2)cc1)S(=O)(=O)O. The molecule has 120 valence electrons. The number of hydrogen-bond donors (Lipinski definition) is 1. The second-order valence-corrected chi connectivity index (χ2v) is 6.95. The molecule has 2 heterocycles. The van der Waals surface area contributed by atoms with Crippen LogP contribution in [0.3, 0.4) is 0 Å². The molecule has 0 aliphatic carbocycles. The van der Waals surface area contributed by atoms with E-state index >= 15 is 0 Å². The Morgan fingerprint density at radius 3 is 2.35 bits per heavy atom. The monoisotopic (exact) mass is 337 g/mol. The molecule has 0 fully saturated rings. The van der Waals surface area contributed by atoms with Crippen LogP contribution < -0.4 is 3.89 Å². The Bertz CT molecular complexity index is 914. The lowest BCUT2D eigenvalue weighted by Crippen LogP contribution is -2.45. The second-order valence-electron chi connectivity index (χ2n) is 5.15. The summed E-state index contributed by atoms with van der Waals surface area (Å²) in [7, 11) is -1.57. The minimum Gasteiger partial charge on any atom is -0.351 e. The lowest BCUT2D eigenvalue weighted by atomic mass is 10.2. The molecule has 0 saturated heterocycles. The second kappa shape index (κ2) is 5.26. The Morgan fingerprint density at radius 2 is 1.78 bits per heavy atom. The van der Waals surface area contributed by atoms with Crippen molar-refractivity contribution in [2.24, 2.45) is 0 Å². The molecule has 1 aromatic carbocycles. The maximum absolute atomic E-state index is 11.4. The zero-order valence-electron chi connectivity index (χ0n) is 12.2. The summed E-state index contributed by atoms with van der Waals surface area (Å²) in [6, 6.07) is 7.98. The van der Waals surface area contributed by atoms with Crippen LogP contribution in [0.2, 0.25) is 0 Å². The maximum atomic E-state index is 11.4. The van der Waals surface area contributed by atoms with Gasteiger partial charge in [-0.2, -0.15) is 8.87 Å². The predicted octanol–water partition coefficient (Wildman–Crippen LogP) is 1.76. The first-order valence-electron chi connectivity index (χ1n) is 6.46. The van der Waals surface area contributed by atoms with Gasteiger partial charge in [-0.3, -0.25) is 0 Å². The molecule has 0 bridgehead atoms. The van der Waals surface area contributed by atoms with Gasteiger partial charge < -0.3 is 9.05 Å². The summed E-state index contributed by atoms with van der Waals surface area (Å²) >= 11 is 0. The van der Waals surface area contributed by atoms with Crippen molar-refractivity contribution in [2.75, 3.05) is 14.1 Å². The molecule has 0 amide bonds. The number of hydrogen-bond acceptors (Lipinski definition) is 7. The van der Waals surface area contributed by atoms with Crippen molar-refractivity contribution in [3.63, 3.8) is 0 Å². The van der Waals surface area contributed by atoms with Crippen LogP contribution in [0.25, 0.3) is 23.0 Å². The smallest absolute Gasteiger partial charge is 0.351 e. The van der Waals surface area contributed by atoms with Crippen molar-refractivity contribution >= 4 is 16.0 Å². The largest absolute Gasteiger partial charge is 0.437 e. The zero-order chi connectivity index (χ0) is 16.7. The highest BCUT2D eigenvalue weighted by Gasteiger charge is 2.33. The molecule has 0 aliphatic heterocycles. The van der Waals surface area contributed by atoms with Crippen LogP contribution in [0.1, 0.15) is 0 Å². The van der Waals surface area contributed by atoms with Crippen LogP contribution in [0.4, 0.5) is 5.69 Å². The third-order valence-electron chi connectivity index (χ3n) is 3.40. The van der Waals surface area contributed by atoms with Gasteiger partial charge in [-0.25, -0.2) is 4.55 Å². The molecule has 0 radical (unpaired) electrons. The molecular formula is C13H13N4O5S+. The van der Waals surface area contributed by atoms with Crippen LogP contribution in [0, 0.1) is 0 Å². The van der Waals surface area contributed by atoms with Gasteiger partial charge in [0, 0.05) is 23.8 Å². The van der Waals surface area contributed by atoms with Crippen molar-refractivity contribution in [1.82, 2.24) is 19.2 Å². The van der Waals surface area contributed by atoms with Gasteiger partial charge in [0.15, 0.2) is 0 Å². The molecule has 10 heteroatoms. The number of rotatable bonds is 4. The van der Waals surface area contributed by atoms with Crippen LogP contribution >= 0.6 is 0 Å². The van der Waals surface area contributed by atoms with Crippen LogP contribution in [-0.4, -0.2) is 42.4 Å². The highest BCUT2D eigenvalue weighted by molar-refractivity contribution is 7.85. The molecule has 3 rings (SSSR count). The highest BCUT2D eigenvalue weighted by Crippen LogP contribution is 2.27. The van der Waals surface area contributed by atoms with Crippen molar-refractivity contribution in [3.05, 3.63) is 36.5 Å². The number of nitrogens with zero attached hydrogens (tertiary/aromatic N) is 4. The van der Waals surface area contributed by atoms with Crippen molar-refractivity contribution in [1.29, 1.82) is 0 Å². The van der Waals surface area contributed by atoms with Crippen molar-refractivity contribution in [2.45, 2.75) is 0 Å². The van der Waals surface area contributed by atoms with Crippen LogP contribution in [0.15, 0.2) is 45.6 Å². The molecule has 0 unspecified atom stereocenters. The molecule has 0 atom stereocenters. The summed E-state index contributed by atoms with van der Waals surface area (Å²) in [5.74, 6) is 0.861. The minimum atomic E-state index is -4.29.